The van der Waals surface area contributed by atoms with Gasteiger partial charge >= 0.3 is 0 Å². The Kier molecular flexibility index (Phi) is 3.76. The van der Waals surface area contributed by atoms with E-state index in [0.29, 0.717) is 41.5 Å². The molecule has 1 aliphatic carbocycles. The van der Waals surface area contributed by atoms with Gasteiger partial charge < -0.3 is 14.2 Å². The second-order valence-corrected chi connectivity index (χ2v) is 7.10. The van der Waals surface area contributed by atoms with Gasteiger partial charge in [-0.1, -0.05) is 5.16 Å². The first-order valence-corrected chi connectivity index (χ1v) is 9.10. The van der Waals surface area contributed by atoms with E-state index < -0.39 is 0 Å². The van der Waals surface area contributed by atoms with Gasteiger partial charge in [0.2, 0.25) is 0 Å². The predicted octanol–water partition coefficient (Wildman–Crippen LogP) is 2.73. The van der Waals surface area contributed by atoms with Crippen molar-refractivity contribution in [3.8, 4) is 6.07 Å². The molecule has 0 radical (unpaired) electrons. The molecule has 3 heterocycles. The highest BCUT2D eigenvalue weighted by atomic mass is 16.5. The van der Waals surface area contributed by atoms with E-state index in [2.05, 4.69) is 31.1 Å². The molecule has 27 heavy (non-hydrogen) atoms. The molecular weight excluding hydrogens is 344 g/mol. The van der Waals surface area contributed by atoms with Gasteiger partial charge in [0.25, 0.3) is 5.89 Å². The van der Waals surface area contributed by atoms with Crippen molar-refractivity contribution in [3.63, 3.8) is 0 Å². The fourth-order valence-electron chi connectivity index (χ4n) is 3.56. The quantitative estimate of drug-likeness (QED) is 0.701. The number of aromatic nitrogens is 4. The van der Waals surface area contributed by atoms with Gasteiger partial charge in [0.1, 0.15) is 17.1 Å². The molecule has 0 spiro atoms. The van der Waals surface area contributed by atoms with Crippen LogP contribution in [0.2, 0.25) is 0 Å². The van der Waals surface area contributed by atoms with Gasteiger partial charge in [0, 0.05) is 24.9 Å². The molecule has 1 aromatic carbocycles. The van der Waals surface area contributed by atoms with Crippen molar-refractivity contribution in [1.82, 2.24) is 20.1 Å². The standard InChI is InChI=1S/C19H18N6O2/c1-11-9-25(10-15(26-11)19-23-18(24-27-19)12-2-3-12)14-5-4-13(8-20)16-17(14)22-7-6-21-16/h4-7,11-12,15H,2-3,9-10H2,1H3/t11-,15-/m1/s1. The molecule has 2 aliphatic rings. The van der Waals surface area contributed by atoms with Crippen LogP contribution in [-0.4, -0.2) is 39.3 Å². The zero-order valence-corrected chi connectivity index (χ0v) is 14.9. The van der Waals surface area contributed by atoms with Crippen LogP contribution in [0.5, 0.6) is 0 Å². The number of hydrogen-bond acceptors (Lipinski definition) is 8. The molecule has 8 nitrogen and oxygen atoms in total. The van der Waals surface area contributed by atoms with Crippen molar-refractivity contribution >= 4 is 16.7 Å². The van der Waals surface area contributed by atoms with Crippen LogP contribution in [0.4, 0.5) is 5.69 Å². The summed E-state index contributed by atoms with van der Waals surface area (Å²) in [5, 5.41) is 13.4. The van der Waals surface area contributed by atoms with E-state index in [4.69, 9.17) is 9.26 Å². The Balaban J connectivity index is 1.49. The van der Waals surface area contributed by atoms with Gasteiger partial charge in [-0.25, -0.2) is 0 Å². The molecule has 0 N–H and O–H groups in total. The number of hydrogen-bond donors (Lipinski definition) is 0. The van der Waals surface area contributed by atoms with Crippen LogP contribution in [0.25, 0.3) is 11.0 Å². The molecule has 5 rings (SSSR count). The first-order chi connectivity index (χ1) is 13.2. The lowest BCUT2D eigenvalue weighted by Crippen LogP contribution is -2.43. The molecule has 0 amide bonds. The van der Waals surface area contributed by atoms with Gasteiger partial charge in [0.15, 0.2) is 11.9 Å². The molecule has 2 aromatic heterocycles. The molecule has 3 aromatic rings. The average molecular weight is 362 g/mol. The zero-order chi connectivity index (χ0) is 18.4. The van der Waals surface area contributed by atoms with Gasteiger partial charge in [-0.3, -0.25) is 9.97 Å². The maximum atomic E-state index is 9.34. The van der Waals surface area contributed by atoms with Crippen molar-refractivity contribution < 1.29 is 9.26 Å². The Labute approximate surface area is 155 Å². The van der Waals surface area contributed by atoms with E-state index in [1.165, 1.54) is 0 Å². The molecular formula is C19H18N6O2. The Hall–Kier alpha value is -3.05. The van der Waals surface area contributed by atoms with Crippen molar-refractivity contribution in [3.05, 3.63) is 41.8 Å². The molecule has 2 atom stereocenters. The van der Waals surface area contributed by atoms with Crippen LogP contribution < -0.4 is 4.90 Å². The minimum atomic E-state index is -0.295. The van der Waals surface area contributed by atoms with E-state index in [1.807, 2.05) is 13.0 Å². The molecule has 1 saturated heterocycles. The Morgan fingerprint density at radius 1 is 1.15 bits per heavy atom. The molecule has 0 unspecified atom stereocenters. The number of nitrogens with zero attached hydrogens (tertiary/aromatic N) is 6. The number of ether oxygens (including phenoxy) is 1. The topological polar surface area (TPSA) is 101 Å². The van der Waals surface area contributed by atoms with Gasteiger partial charge in [0.05, 0.1) is 23.9 Å². The second kappa shape index (κ2) is 6.28. The minimum Gasteiger partial charge on any atom is -0.364 e. The normalized spacial score (nSPS) is 22.7. The summed E-state index contributed by atoms with van der Waals surface area (Å²) in [5.41, 5.74) is 2.78. The van der Waals surface area contributed by atoms with E-state index in [0.717, 1.165) is 24.4 Å². The van der Waals surface area contributed by atoms with E-state index >= 15 is 0 Å². The van der Waals surface area contributed by atoms with Crippen LogP contribution in [0.15, 0.2) is 29.0 Å². The third-order valence-electron chi connectivity index (χ3n) is 5.00. The summed E-state index contributed by atoms with van der Waals surface area (Å²) in [6.07, 6.45) is 5.20. The van der Waals surface area contributed by atoms with E-state index in [9.17, 15) is 5.26 Å². The fraction of sp³-hybridized carbons (Fsp3) is 0.421. The summed E-state index contributed by atoms with van der Waals surface area (Å²) >= 11 is 0. The smallest absolute Gasteiger partial charge is 0.257 e. The van der Waals surface area contributed by atoms with Crippen molar-refractivity contribution in [2.45, 2.75) is 37.9 Å². The summed E-state index contributed by atoms with van der Waals surface area (Å²) < 4.78 is 11.5. The van der Waals surface area contributed by atoms with Crippen LogP contribution in [0, 0.1) is 11.3 Å². The molecule has 2 fully saturated rings. The van der Waals surface area contributed by atoms with Gasteiger partial charge in [-0.15, -0.1) is 0 Å². The highest BCUT2D eigenvalue weighted by Crippen LogP contribution is 2.39. The Bertz CT molecular complexity index is 1040. The number of rotatable bonds is 3. The maximum Gasteiger partial charge on any atom is 0.257 e. The summed E-state index contributed by atoms with van der Waals surface area (Å²) in [6.45, 7) is 3.31. The average Bonchev–Trinajstić information content (AvgIpc) is 3.43. The van der Waals surface area contributed by atoms with Gasteiger partial charge in [-0.2, -0.15) is 10.2 Å². The fourth-order valence-corrected chi connectivity index (χ4v) is 3.56. The van der Waals surface area contributed by atoms with Crippen LogP contribution >= 0.6 is 0 Å². The second-order valence-electron chi connectivity index (χ2n) is 7.10. The zero-order valence-electron chi connectivity index (χ0n) is 14.9. The first-order valence-electron chi connectivity index (χ1n) is 9.10. The summed E-state index contributed by atoms with van der Waals surface area (Å²) in [4.78, 5) is 15.6. The highest BCUT2D eigenvalue weighted by molar-refractivity contribution is 5.92. The maximum absolute atomic E-state index is 9.34. The summed E-state index contributed by atoms with van der Waals surface area (Å²) in [6, 6.07) is 5.90. The molecule has 0 bridgehead atoms. The third kappa shape index (κ3) is 2.90. The Morgan fingerprint density at radius 2 is 1.96 bits per heavy atom. The summed E-state index contributed by atoms with van der Waals surface area (Å²) in [5.74, 6) is 1.75. The molecule has 1 saturated carbocycles. The lowest BCUT2D eigenvalue weighted by atomic mass is 10.1. The van der Waals surface area contributed by atoms with E-state index in [1.54, 1.807) is 18.5 Å². The minimum absolute atomic E-state index is 0.0117. The lowest BCUT2D eigenvalue weighted by Gasteiger charge is -2.37. The number of nitriles is 1. The highest BCUT2D eigenvalue weighted by Gasteiger charge is 2.34. The molecule has 1 aliphatic heterocycles. The van der Waals surface area contributed by atoms with Gasteiger partial charge in [-0.05, 0) is 31.9 Å². The van der Waals surface area contributed by atoms with Crippen molar-refractivity contribution in [2.75, 3.05) is 18.0 Å². The number of morpholine rings is 1. The van der Waals surface area contributed by atoms with Crippen molar-refractivity contribution in [1.29, 1.82) is 5.26 Å². The molecule has 136 valence electrons. The number of fused-ring (bicyclic) bond motifs is 1. The monoisotopic (exact) mass is 362 g/mol. The summed E-state index contributed by atoms with van der Waals surface area (Å²) in [7, 11) is 0. The molecule has 8 heteroatoms. The number of benzene rings is 1. The predicted molar refractivity (Wildman–Crippen MR) is 96.0 cm³/mol. The lowest BCUT2D eigenvalue weighted by molar-refractivity contribution is -0.0330. The third-order valence-corrected chi connectivity index (χ3v) is 5.00. The number of anilines is 1. The van der Waals surface area contributed by atoms with Crippen molar-refractivity contribution in [2.24, 2.45) is 0 Å². The van der Waals surface area contributed by atoms with Crippen LogP contribution in [-0.2, 0) is 4.74 Å². The SMILES string of the molecule is C[C@@H]1CN(c2ccc(C#N)c3nccnc23)C[C@H](c2nc(C3CC3)no2)O1. The largest absolute Gasteiger partial charge is 0.364 e. The Morgan fingerprint density at radius 3 is 2.74 bits per heavy atom. The van der Waals surface area contributed by atoms with Crippen LogP contribution in [0.3, 0.4) is 0 Å². The van der Waals surface area contributed by atoms with Crippen LogP contribution in [0.1, 0.15) is 49.1 Å². The first kappa shape index (κ1) is 16.1. The van der Waals surface area contributed by atoms with E-state index in [-0.39, 0.29) is 12.2 Å².